The fourth-order valence-corrected chi connectivity index (χ4v) is 4.90. The fraction of sp³-hybridized carbons (Fsp3) is 0.556. The van der Waals surface area contributed by atoms with Crippen molar-refractivity contribution in [3.05, 3.63) is 41.5 Å². The Kier molecular flexibility index (Phi) is 6.46. The summed E-state index contributed by atoms with van der Waals surface area (Å²) >= 11 is 0. The molecule has 8 nitrogen and oxygen atoms in total. The molecule has 1 atom stereocenters. The molecule has 0 spiro atoms. The molecule has 2 heterocycles. The lowest BCUT2D eigenvalue weighted by Gasteiger charge is -2.27. The highest BCUT2D eigenvalue weighted by Gasteiger charge is 2.32. The van der Waals surface area contributed by atoms with Crippen LogP contribution in [0.2, 0.25) is 0 Å². The molecular weight excluding hydrogens is 370 g/mol. The highest BCUT2D eigenvalue weighted by molar-refractivity contribution is 7.91. The van der Waals surface area contributed by atoms with Crippen LogP contribution < -0.4 is 4.74 Å². The molecule has 1 unspecified atom stereocenters. The standard InChI is InChI=1S/C18H25N3O5S/c1-14-19-18(20-26-14)12-25-17-5-3-15(4-6-17)11-21(8-9-24-2)16-7-10-27(22,23)13-16/h3-6,16H,7-13H2,1-2H3. The number of nitrogens with zero attached hydrogens (tertiary/aromatic N) is 3. The summed E-state index contributed by atoms with van der Waals surface area (Å²) in [5.74, 6) is 2.22. The molecule has 1 aliphatic heterocycles. The van der Waals surface area contributed by atoms with E-state index in [4.69, 9.17) is 14.0 Å². The first kappa shape index (κ1) is 19.8. The Bertz CT molecular complexity index is 835. The van der Waals surface area contributed by atoms with E-state index in [1.165, 1.54) is 0 Å². The maximum atomic E-state index is 11.8. The highest BCUT2D eigenvalue weighted by Crippen LogP contribution is 2.21. The Morgan fingerprint density at radius 3 is 2.67 bits per heavy atom. The molecule has 1 fully saturated rings. The van der Waals surface area contributed by atoms with E-state index in [-0.39, 0.29) is 24.2 Å². The third-order valence-corrected chi connectivity index (χ3v) is 6.30. The van der Waals surface area contributed by atoms with Gasteiger partial charge in [0.25, 0.3) is 0 Å². The van der Waals surface area contributed by atoms with E-state index < -0.39 is 9.84 Å². The minimum atomic E-state index is -2.92. The summed E-state index contributed by atoms with van der Waals surface area (Å²) in [6, 6.07) is 7.80. The van der Waals surface area contributed by atoms with E-state index in [2.05, 4.69) is 15.0 Å². The van der Waals surface area contributed by atoms with Crippen LogP contribution in [0, 0.1) is 6.92 Å². The first-order valence-electron chi connectivity index (χ1n) is 8.89. The van der Waals surface area contributed by atoms with Gasteiger partial charge in [0.1, 0.15) is 5.75 Å². The summed E-state index contributed by atoms with van der Waals surface area (Å²) in [4.78, 5) is 6.28. The molecule has 1 saturated heterocycles. The SMILES string of the molecule is COCCN(Cc1ccc(OCc2noc(C)n2)cc1)C1CCS(=O)(=O)C1. The van der Waals surface area contributed by atoms with Crippen molar-refractivity contribution >= 4 is 9.84 Å². The molecule has 0 aliphatic carbocycles. The number of methoxy groups -OCH3 is 1. The maximum absolute atomic E-state index is 11.8. The number of hydrogen-bond acceptors (Lipinski definition) is 8. The van der Waals surface area contributed by atoms with E-state index in [0.29, 0.717) is 43.6 Å². The summed E-state index contributed by atoms with van der Waals surface area (Å²) < 4.78 is 39.4. The zero-order chi connectivity index (χ0) is 19.3. The van der Waals surface area contributed by atoms with Crippen LogP contribution in [0.15, 0.2) is 28.8 Å². The fourth-order valence-electron chi connectivity index (χ4n) is 3.14. The normalized spacial score (nSPS) is 18.9. The number of sulfone groups is 1. The molecule has 1 aromatic heterocycles. The van der Waals surface area contributed by atoms with Crippen molar-refractivity contribution in [1.82, 2.24) is 15.0 Å². The summed E-state index contributed by atoms with van der Waals surface area (Å²) in [6.07, 6.45) is 0.678. The van der Waals surface area contributed by atoms with Crippen LogP contribution in [0.4, 0.5) is 0 Å². The number of aromatic nitrogens is 2. The predicted octanol–water partition coefficient (Wildman–Crippen LogP) is 1.59. The van der Waals surface area contributed by atoms with Gasteiger partial charge in [0.2, 0.25) is 11.7 Å². The quantitative estimate of drug-likeness (QED) is 0.632. The van der Waals surface area contributed by atoms with Gasteiger partial charge in [-0.3, -0.25) is 4.90 Å². The molecule has 0 radical (unpaired) electrons. The molecule has 27 heavy (non-hydrogen) atoms. The van der Waals surface area contributed by atoms with E-state index in [9.17, 15) is 8.42 Å². The molecule has 0 N–H and O–H groups in total. The van der Waals surface area contributed by atoms with Crippen LogP contribution in [0.3, 0.4) is 0 Å². The van der Waals surface area contributed by atoms with Crippen molar-refractivity contribution in [3.63, 3.8) is 0 Å². The van der Waals surface area contributed by atoms with Gasteiger partial charge in [-0.15, -0.1) is 0 Å². The monoisotopic (exact) mass is 395 g/mol. The van der Waals surface area contributed by atoms with Crippen LogP contribution in [0.25, 0.3) is 0 Å². The average molecular weight is 395 g/mol. The Labute approximate surface area is 159 Å². The molecular formula is C18H25N3O5S. The summed E-state index contributed by atoms with van der Waals surface area (Å²) in [6.45, 7) is 3.93. The molecule has 148 valence electrons. The van der Waals surface area contributed by atoms with E-state index in [0.717, 1.165) is 5.56 Å². The smallest absolute Gasteiger partial charge is 0.223 e. The maximum Gasteiger partial charge on any atom is 0.223 e. The summed E-state index contributed by atoms with van der Waals surface area (Å²) in [5.41, 5.74) is 1.10. The number of benzene rings is 1. The van der Waals surface area contributed by atoms with Gasteiger partial charge >= 0.3 is 0 Å². The second-order valence-corrected chi connectivity index (χ2v) is 8.91. The zero-order valence-corrected chi connectivity index (χ0v) is 16.4. The molecule has 9 heteroatoms. The van der Waals surface area contributed by atoms with Crippen LogP contribution >= 0.6 is 0 Å². The van der Waals surface area contributed by atoms with Crippen molar-refractivity contribution in [2.24, 2.45) is 0 Å². The van der Waals surface area contributed by atoms with E-state index in [1.807, 2.05) is 24.3 Å². The molecule has 1 aromatic carbocycles. The average Bonchev–Trinajstić information content (AvgIpc) is 3.22. The molecule has 3 rings (SSSR count). The minimum Gasteiger partial charge on any atom is -0.485 e. The van der Waals surface area contributed by atoms with Crippen LogP contribution in [-0.4, -0.2) is 61.3 Å². The van der Waals surface area contributed by atoms with Crippen molar-refractivity contribution in [2.75, 3.05) is 31.8 Å². The van der Waals surface area contributed by atoms with Gasteiger partial charge in [-0.05, 0) is 24.1 Å². The molecule has 0 amide bonds. The lowest BCUT2D eigenvalue weighted by Crippen LogP contribution is -2.38. The number of aryl methyl sites for hydroxylation is 1. The van der Waals surface area contributed by atoms with Crippen molar-refractivity contribution in [1.29, 1.82) is 0 Å². The summed E-state index contributed by atoms with van der Waals surface area (Å²) in [7, 11) is -1.26. The zero-order valence-electron chi connectivity index (χ0n) is 15.6. The van der Waals surface area contributed by atoms with Gasteiger partial charge in [0, 0.05) is 33.2 Å². The topological polar surface area (TPSA) is 94.8 Å². The van der Waals surface area contributed by atoms with E-state index >= 15 is 0 Å². The third kappa shape index (κ3) is 5.75. The first-order chi connectivity index (χ1) is 12.9. The van der Waals surface area contributed by atoms with Gasteiger partial charge in [-0.2, -0.15) is 4.98 Å². The van der Waals surface area contributed by atoms with Crippen LogP contribution in [-0.2, 0) is 27.7 Å². The van der Waals surface area contributed by atoms with E-state index in [1.54, 1.807) is 14.0 Å². The predicted molar refractivity (Wildman–Crippen MR) is 99.2 cm³/mol. The van der Waals surface area contributed by atoms with Crippen LogP contribution in [0.1, 0.15) is 23.7 Å². The minimum absolute atomic E-state index is 0.0440. The Morgan fingerprint density at radius 1 is 1.30 bits per heavy atom. The molecule has 0 saturated carbocycles. The van der Waals surface area contributed by atoms with Gasteiger partial charge < -0.3 is 14.0 Å². The first-order valence-corrected chi connectivity index (χ1v) is 10.7. The van der Waals surface area contributed by atoms with Gasteiger partial charge in [0.15, 0.2) is 16.4 Å². The van der Waals surface area contributed by atoms with Crippen molar-refractivity contribution in [2.45, 2.75) is 32.5 Å². The molecule has 1 aliphatic rings. The second-order valence-electron chi connectivity index (χ2n) is 6.68. The van der Waals surface area contributed by atoms with Gasteiger partial charge in [-0.25, -0.2) is 8.42 Å². The Morgan fingerprint density at radius 2 is 2.07 bits per heavy atom. The Hall–Kier alpha value is -1.97. The third-order valence-electron chi connectivity index (χ3n) is 4.55. The lowest BCUT2D eigenvalue weighted by atomic mass is 10.1. The molecule has 0 bridgehead atoms. The molecule has 2 aromatic rings. The Balaban J connectivity index is 1.58. The van der Waals surface area contributed by atoms with Gasteiger partial charge in [-0.1, -0.05) is 17.3 Å². The lowest BCUT2D eigenvalue weighted by molar-refractivity contribution is 0.121. The number of rotatable bonds is 9. The number of ether oxygens (including phenoxy) is 2. The van der Waals surface area contributed by atoms with Gasteiger partial charge in [0.05, 0.1) is 18.1 Å². The summed E-state index contributed by atoms with van der Waals surface area (Å²) in [5, 5.41) is 3.79. The second kappa shape index (κ2) is 8.81. The van der Waals surface area contributed by atoms with Crippen molar-refractivity contribution < 1.29 is 22.4 Å². The highest BCUT2D eigenvalue weighted by atomic mass is 32.2. The largest absolute Gasteiger partial charge is 0.485 e. The number of hydrogen-bond donors (Lipinski definition) is 0. The van der Waals surface area contributed by atoms with Crippen molar-refractivity contribution in [3.8, 4) is 5.75 Å². The van der Waals surface area contributed by atoms with Crippen LogP contribution in [0.5, 0.6) is 5.75 Å².